The molecule has 0 radical (unpaired) electrons. The van der Waals surface area contributed by atoms with Gasteiger partial charge in [0.15, 0.2) is 0 Å². The molecule has 1 heterocycles. The van der Waals surface area contributed by atoms with E-state index >= 15 is 0 Å². The molecule has 0 bridgehead atoms. The van der Waals surface area contributed by atoms with Gasteiger partial charge in [-0.05, 0) is 31.3 Å². The second kappa shape index (κ2) is 7.29. The fraction of sp³-hybridized carbons (Fsp3) is 0.882. The van der Waals surface area contributed by atoms with Crippen molar-refractivity contribution >= 4 is 11.6 Å². The Morgan fingerprint density at radius 3 is 2.70 bits per heavy atom. The second-order valence-electron chi connectivity index (χ2n) is 7.04. The van der Waals surface area contributed by atoms with Crippen LogP contribution in [0.15, 0.2) is 11.1 Å². The van der Waals surface area contributed by atoms with Crippen LogP contribution in [0.3, 0.4) is 0 Å². The molecule has 1 spiro atoms. The van der Waals surface area contributed by atoms with Gasteiger partial charge in [-0.3, -0.25) is 4.90 Å². The van der Waals surface area contributed by atoms with Gasteiger partial charge in [0.25, 0.3) is 0 Å². The SMILES string of the molecule is CCC(C)C1CNC2(CCCCC2)CN1CC(C)=CCl. The molecule has 2 fully saturated rings. The van der Waals surface area contributed by atoms with Gasteiger partial charge in [0, 0.05) is 36.8 Å². The van der Waals surface area contributed by atoms with E-state index in [0.717, 1.165) is 19.0 Å². The molecule has 2 aliphatic rings. The number of rotatable bonds is 4. The monoisotopic (exact) mass is 298 g/mol. The third kappa shape index (κ3) is 3.78. The van der Waals surface area contributed by atoms with Gasteiger partial charge in [-0.1, -0.05) is 51.1 Å². The molecule has 1 saturated heterocycles. The first-order valence-electron chi connectivity index (χ1n) is 8.35. The summed E-state index contributed by atoms with van der Waals surface area (Å²) in [5, 5.41) is 3.93. The summed E-state index contributed by atoms with van der Waals surface area (Å²) >= 11 is 5.91. The van der Waals surface area contributed by atoms with Gasteiger partial charge >= 0.3 is 0 Å². The molecule has 0 amide bonds. The zero-order valence-corrected chi connectivity index (χ0v) is 14.2. The molecule has 2 unspecified atom stereocenters. The Kier molecular flexibility index (Phi) is 5.95. The molecular weight excluding hydrogens is 268 g/mol. The Labute approximate surface area is 129 Å². The van der Waals surface area contributed by atoms with E-state index in [4.69, 9.17) is 11.6 Å². The van der Waals surface area contributed by atoms with E-state index in [0.29, 0.717) is 11.6 Å². The lowest BCUT2D eigenvalue weighted by molar-refractivity contribution is 0.0390. The van der Waals surface area contributed by atoms with E-state index in [-0.39, 0.29) is 0 Å². The number of hydrogen-bond donors (Lipinski definition) is 1. The second-order valence-corrected chi connectivity index (χ2v) is 7.25. The number of nitrogens with one attached hydrogen (secondary N) is 1. The van der Waals surface area contributed by atoms with Crippen LogP contribution in [0.4, 0.5) is 0 Å². The van der Waals surface area contributed by atoms with Gasteiger partial charge in [-0.2, -0.15) is 0 Å². The molecular formula is C17H31ClN2. The van der Waals surface area contributed by atoms with Gasteiger partial charge in [-0.25, -0.2) is 0 Å². The number of nitrogens with zero attached hydrogens (tertiary/aromatic N) is 1. The minimum atomic E-state index is 0.384. The van der Waals surface area contributed by atoms with Crippen LogP contribution < -0.4 is 5.32 Å². The molecule has 1 aliphatic heterocycles. The molecule has 2 rings (SSSR count). The predicted molar refractivity (Wildman–Crippen MR) is 88.2 cm³/mol. The van der Waals surface area contributed by atoms with Gasteiger partial charge in [-0.15, -0.1) is 0 Å². The summed E-state index contributed by atoms with van der Waals surface area (Å²) in [4.78, 5) is 2.70. The summed E-state index contributed by atoms with van der Waals surface area (Å²) < 4.78 is 0. The first-order chi connectivity index (χ1) is 9.60. The average molecular weight is 299 g/mol. The van der Waals surface area contributed by atoms with Crippen molar-refractivity contribution < 1.29 is 0 Å². The quantitative estimate of drug-likeness (QED) is 0.839. The fourth-order valence-electron chi connectivity index (χ4n) is 3.94. The molecule has 2 atom stereocenters. The molecule has 0 aromatic heterocycles. The zero-order chi connectivity index (χ0) is 14.6. The minimum absolute atomic E-state index is 0.384. The van der Waals surface area contributed by atoms with Crippen molar-refractivity contribution in [1.82, 2.24) is 10.2 Å². The summed E-state index contributed by atoms with van der Waals surface area (Å²) in [7, 11) is 0. The predicted octanol–water partition coefficient (Wildman–Crippen LogP) is 4.15. The van der Waals surface area contributed by atoms with Gasteiger partial charge in [0.1, 0.15) is 0 Å². The third-order valence-electron chi connectivity index (χ3n) is 5.41. The summed E-state index contributed by atoms with van der Waals surface area (Å²) in [5.74, 6) is 0.742. The lowest BCUT2D eigenvalue weighted by Crippen LogP contribution is -2.66. The van der Waals surface area contributed by atoms with Crippen molar-refractivity contribution in [2.24, 2.45) is 5.92 Å². The zero-order valence-electron chi connectivity index (χ0n) is 13.4. The summed E-state index contributed by atoms with van der Waals surface area (Å²) in [6, 6.07) is 0.652. The highest BCUT2D eigenvalue weighted by Gasteiger charge is 2.40. The van der Waals surface area contributed by atoms with E-state index in [1.165, 1.54) is 50.6 Å². The van der Waals surface area contributed by atoms with Crippen LogP contribution in [0.2, 0.25) is 0 Å². The van der Waals surface area contributed by atoms with Crippen LogP contribution in [0.5, 0.6) is 0 Å². The van der Waals surface area contributed by atoms with Gasteiger partial charge in [0.2, 0.25) is 0 Å². The summed E-state index contributed by atoms with van der Waals surface area (Å²) in [6.07, 6.45) is 8.14. The smallest absolute Gasteiger partial charge is 0.0309 e. The third-order valence-corrected chi connectivity index (χ3v) is 5.78. The fourth-order valence-corrected chi connectivity index (χ4v) is 4.01. The van der Waals surface area contributed by atoms with Crippen molar-refractivity contribution in [3.05, 3.63) is 11.1 Å². The number of hydrogen-bond acceptors (Lipinski definition) is 2. The summed E-state index contributed by atoms with van der Waals surface area (Å²) in [6.45, 7) is 10.2. The van der Waals surface area contributed by atoms with Crippen LogP contribution >= 0.6 is 11.6 Å². The number of piperazine rings is 1. The van der Waals surface area contributed by atoms with Gasteiger partial charge < -0.3 is 5.32 Å². The van der Waals surface area contributed by atoms with E-state index in [2.05, 4.69) is 31.0 Å². The molecule has 1 saturated carbocycles. The lowest BCUT2D eigenvalue weighted by Gasteiger charge is -2.51. The molecule has 2 nitrogen and oxygen atoms in total. The van der Waals surface area contributed by atoms with E-state index in [1.807, 2.05) is 0 Å². The highest BCUT2D eigenvalue weighted by Crippen LogP contribution is 2.33. The van der Waals surface area contributed by atoms with Crippen molar-refractivity contribution in [2.75, 3.05) is 19.6 Å². The first-order valence-corrected chi connectivity index (χ1v) is 8.79. The minimum Gasteiger partial charge on any atom is -0.308 e. The maximum absolute atomic E-state index is 5.91. The Morgan fingerprint density at radius 2 is 2.10 bits per heavy atom. The highest BCUT2D eigenvalue weighted by molar-refractivity contribution is 6.25. The van der Waals surface area contributed by atoms with Crippen LogP contribution in [0, 0.1) is 5.92 Å². The molecule has 0 aromatic rings. The Balaban J connectivity index is 2.09. The van der Waals surface area contributed by atoms with Crippen LogP contribution in [0.25, 0.3) is 0 Å². The molecule has 1 aliphatic carbocycles. The van der Waals surface area contributed by atoms with E-state index in [9.17, 15) is 0 Å². The molecule has 20 heavy (non-hydrogen) atoms. The Hall–Kier alpha value is -0.0500. The van der Waals surface area contributed by atoms with Crippen molar-refractivity contribution in [3.63, 3.8) is 0 Å². The van der Waals surface area contributed by atoms with E-state index in [1.54, 1.807) is 5.54 Å². The van der Waals surface area contributed by atoms with Crippen molar-refractivity contribution in [1.29, 1.82) is 0 Å². The van der Waals surface area contributed by atoms with Crippen molar-refractivity contribution in [2.45, 2.75) is 70.9 Å². The van der Waals surface area contributed by atoms with E-state index < -0.39 is 0 Å². The van der Waals surface area contributed by atoms with Crippen LogP contribution in [-0.4, -0.2) is 36.1 Å². The first kappa shape index (κ1) is 16.3. The topological polar surface area (TPSA) is 15.3 Å². The van der Waals surface area contributed by atoms with Crippen LogP contribution in [0.1, 0.15) is 59.3 Å². The normalized spacial score (nSPS) is 29.6. The maximum Gasteiger partial charge on any atom is 0.0309 e. The molecule has 0 aromatic carbocycles. The highest BCUT2D eigenvalue weighted by atomic mass is 35.5. The Morgan fingerprint density at radius 1 is 1.40 bits per heavy atom. The number of halogens is 1. The standard InChI is InChI=1S/C17H31ClN2/c1-4-15(3)16-11-19-17(8-6-5-7-9-17)13-20(16)12-14(2)10-18/h10,15-16,19H,4-9,11-13H2,1-3H3. The van der Waals surface area contributed by atoms with Crippen molar-refractivity contribution in [3.8, 4) is 0 Å². The van der Waals surface area contributed by atoms with Gasteiger partial charge in [0.05, 0.1) is 0 Å². The summed E-state index contributed by atoms with van der Waals surface area (Å²) in [5.41, 5.74) is 3.42. The largest absolute Gasteiger partial charge is 0.308 e. The molecule has 3 heteroatoms. The maximum atomic E-state index is 5.91. The van der Waals surface area contributed by atoms with Crippen LogP contribution in [-0.2, 0) is 0 Å². The average Bonchev–Trinajstić information content (AvgIpc) is 2.47. The Bertz CT molecular complexity index is 334. The molecule has 116 valence electrons. The lowest BCUT2D eigenvalue weighted by atomic mass is 9.78. The molecule has 1 N–H and O–H groups in total.